The highest BCUT2D eigenvalue weighted by molar-refractivity contribution is 5.88. The van der Waals surface area contributed by atoms with Crippen molar-refractivity contribution in [1.82, 2.24) is 14.3 Å². The van der Waals surface area contributed by atoms with Gasteiger partial charge in [-0.25, -0.2) is 4.79 Å². The van der Waals surface area contributed by atoms with Gasteiger partial charge >= 0.3 is 5.97 Å². The van der Waals surface area contributed by atoms with Gasteiger partial charge in [0.1, 0.15) is 11.3 Å². The molecule has 2 aromatic heterocycles. The maximum absolute atomic E-state index is 12.3. The lowest BCUT2D eigenvalue weighted by Crippen LogP contribution is -2.22. The van der Waals surface area contributed by atoms with E-state index in [0.29, 0.717) is 31.9 Å². The summed E-state index contributed by atoms with van der Waals surface area (Å²) in [5.74, 6) is -0.451. The monoisotopic (exact) mass is 409 g/mol. The SMILES string of the molecule is COCCCOc1cc2c(cc1-c1cnn(C)c1)-c1cc(=O)c(C(=O)O)cn1CC2. The topological polar surface area (TPSA) is 95.6 Å². The number of aromatic carboxylic acids is 1. The second-order valence-electron chi connectivity index (χ2n) is 7.29. The van der Waals surface area contributed by atoms with E-state index in [1.807, 2.05) is 29.9 Å². The fourth-order valence-corrected chi connectivity index (χ4v) is 3.75. The molecule has 1 aromatic carbocycles. The first-order valence-electron chi connectivity index (χ1n) is 9.73. The lowest BCUT2D eigenvalue weighted by Gasteiger charge is -2.24. The normalized spacial score (nSPS) is 12.3. The van der Waals surface area contributed by atoms with Gasteiger partial charge in [0.05, 0.1) is 18.5 Å². The first kappa shape index (κ1) is 19.9. The Morgan fingerprint density at radius 1 is 1.20 bits per heavy atom. The molecule has 0 spiro atoms. The number of aryl methyl sites for hydroxylation is 3. The van der Waals surface area contributed by atoms with E-state index in [1.165, 1.54) is 12.3 Å². The number of fused-ring (bicyclic) bond motifs is 3. The summed E-state index contributed by atoms with van der Waals surface area (Å²) in [6.07, 6.45) is 6.60. The molecule has 3 aromatic rings. The molecule has 1 aliphatic heterocycles. The van der Waals surface area contributed by atoms with E-state index in [9.17, 15) is 14.7 Å². The summed E-state index contributed by atoms with van der Waals surface area (Å²) in [7, 11) is 3.51. The molecule has 0 saturated carbocycles. The lowest BCUT2D eigenvalue weighted by molar-refractivity contribution is 0.0694. The second kappa shape index (κ2) is 8.16. The summed E-state index contributed by atoms with van der Waals surface area (Å²) in [6, 6.07) is 5.43. The number of nitrogens with zero attached hydrogens (tertiary/aromatic N) is 3. The van der Waals surface area contributed by atoms with Gasteiger partial charge in [-0.1, -0.05) is 0 Å². The third-order valence-electron chi connectivity index (χ3n) is 5.23. The number of carboxylic acid groups (broad SMARTS) is 1. The third kappa shape index (κ3) is 3.73. The number of methoxy groups -OCH3 is 1. The molecule has 0 amide bonds. The fraction of sp³-hybridized carbons (Fsp3) is 0.318. The molecule has 4 rings (SSSR count). The maximum atomic E-state index is 12.3. The van der Waals surface area contributed by atoms with Crippen molar-refractivity contribution in [2.75, 3.05) is 20.3 Å². The van der Waals surface area contributed by atoms with Crippen LogP contribution in [-0.4, -0.2) is 45.7 Å². The molecule has 3 heterocycles. The third-order valence-corrected chi connectivity index (χ3v) is 5.23. The Morgan fingerprint density at radius 3 is 2.73 bits per heavy atom. The van der Waals surface area contributed by atoms with Crippen LogP contribution in [0, 0.1) is 0 Å². The van der Waals surface area contributed by atoms with E-state index in [2.05, 4.69) is 5.10 Å². The van der Waals surface area contributed by atoms with Gasteiger partial charge in [0, 0.05) is 68.9 Å². The van der Waals surface area contributed by atoms with E-state index in [4.69, 9.17) is 9.47 Å². The summed E-state index contributed by atoms with van der Waals surface area (Å²) in [5, 5.41) is 13.5. The van der Waals surface area contributed by atoms with Gasteiger partial charge in [-0.05, 0) is 24.1 Å². The van der Waals surface area contributed by atoms with Crippen molar-refractivity contribution in [2.45, 2.75) is 19.4 Å². The molecular formula is C22H23N3O5. The molecule has 8 nitrogen and oxygen atoms in total. The molecule has 8 heteroatoms. The van der Waals surface area contributed by atoms with Gasteiger partial charge in [0.25, 0.3) is 0 Å². The number of ether oxygens (including phenoxy) is 2. The number of carbonyl (C=O) groups is 1. The van der Waals surface area contributed by atoms with Crippen molar-refractivity contribution in [3.8, 4) is 28.1 Å². The Bertz CT molecular complexity index is 1160. The Hall–Kier alpha value is -3.39. The lowest BCUT2D eigenvalue weighted by atomic mass is 9.92. The number of aromatic nitrogens is 3. The number of carboxylic acids is 1. The van der Waals surface area contributed by atoms with Crippen molar-refractivity contribution < 1.29 is 19.4 Å². The molecule has 156 valence electrons. The standard InChI is InChI=1S/C22H23N3O5/c1-24-12-15(11-23-24)17-9-16-14(8-21(17)30-7-3-6-29-2)4-5-25-13-18(22(27)28)20(26)10-19(16)25/h8-13H,3-7H2,1-2H3,(H,27,28). The van der Waals surface area contributed by atoms with E-state index in [1.54, 1.807) is 18.0 Å². The van der Waals surface area contributed by atoms with Crippen molar-refractivity contribution in [1.29, 1.82) is 0 Å². The van der Waals surface area contributed by atoms with Gasteiger partial charge in [-0.2, -0.15) is 5.10 Å². The van der Waals surface area contributed by atoms with Crippen LogP contribution in [0.5, 0.6) is 5.75 Å². The molecule has 0 aliphatic carbocycles. The highest BCUT2D eigenvalue weighted by Crippen LogP contribution is 2.39. The van der Waals surface area contributed by atoms with Gasteiger partial charge < -0.3 is 19.1 Å². The minimum Gasteiger partial charge on any atom is -0.493 e. The van der Waals surface area contributed by atoms with E-state index < -0.39 is 11.4 Å². The summed E-state index contributed by atoms with van der Waals surface area (Å²) in [6.45, 7) is 1.74. The van der Waals surface area contributed by atoms with Gasteiger partial charge in [-0.3, -0.25) is 9.48 Å². The molecule has 0 fully saturated rings. The Balaban J connectivity index is 1.82. The van der Waals surface area contributed by atoms with Crippen LogP contribution >= 0.6 is 0 Å². The number of benzene rings is 1. The van der Waals surface area contributed by atoms with Crippen LogP contribution in [0.15, 0.2) is 41.6 Å². The first-order chi connectivity index (χ1) is 14.5. The fourth-order valence-electron chi connectivity index (χ4n) is 3.75. The smallest absolute Gasteiger partial charge is 0.341 e. The van der Waals surface area contributed by atoms with Crippen molar-refractivity contribution in [2.24, 2.45) is 7.05 Å². The minimum atomic E-state index is -1.21. The molecule has 0 bridgehead atoms. The summed E-state index contributed by atoms with van der Waals surface area (Å²) >= 11 is 0. The Kier molecular flexibility index (Phi) is 5.41. The number of hydrogen-bond acceptors (Lipinski definition) is 5. The van der Waals surface area contributed by atoms with Crippen molar-refractivity contribution in [3.63, 3.8) is 0 Å². The average molecular weight is 409 g/mol. The average Bonchev–Trinajstić information content (AvgIpc) is 3.16. The van der Waals surface area contributed by atoms with Crippen LogP contribution < -0.4 is 10.2 Å². The van der Waals surface area contributed by atoms with Crippen molar-refractivity contribution in [3.05, 3.63) is 58.1 Å². The molecule has 30 heavy (non-hydrogen) atoms. The highest BCUT2D eigenvalue weighted by atomic mass is 16.5. The van der Waals surface area contributed by atoms with Crippen molar-refractivity contribution >= 4 is 5.97 Å². The Labute approximate surface area is 173 Å². The summed E-state index contributed by atoms with van der Waals surface area (Å²) < 4.78 is 14.7. The first-order valence-corrected chi connectivity index (χ1v) is 9.73. The van der Waals surface area contributed by atoms with E-state index >= 15 is 0 Å². The van der Waals surface area contributed by atoms with E-state index in [0.717, 1.165) is 34.4 Å². The summed E-state index contributed by atoms with van der Waals surface area (Å²) in [5.41, 5.74) is 3.75. The second-order valence-corrected chi connectivity index (χ2v) is 7.29. The quantitative estimate of drug-likeness (QED) is 0.603. The van der Waals surface area contributed by atoms with Crippen LogP contribution in [-0.2, 0) is 24.8 Å². The Morgan fingerprint density at radius 2 is 2.03 bits per heavy atom. The molecular weight excluding hydrogens is 386 g/mol. The minimum absolute atomic E-state index is 0.215. The molecule has 0 atom stereocenters. The highest BCUT2D eigenvalue weighted by Gasteiger charge is 2.22. The van der Waals surface area contributed by atoms with E-state index in [-0.39, 0.29) is 5.56 Å². The molecule has 0 saturated heterocycles. The zero-order chi connectivity index (χ0) is 21.3. The van der Waals surface area contributed by atoms with Crippen LogP contribution in [0.2, 0.25) is 0 Å². The van der Waals surface area contributed by atoms with Crippen LogP contribution in [0.1, 0.15) is 22.3 Å². The van der Waals surface area contributed by atoms with Gasteiger partial charge in [0.2, 0.25) is 0 Å². The van der Waals surface area contributed by atoms with Gasteiger partial charge in [0.15, 0.2) is 5.43 Å². The zero-order valence-corrected chi connectivity index (χ0v) is 16.9. The molecule has 1 aliphatic rings. The number of pyridine rings is 1. The number of rotatable bonds is 7. The largest absolute Gasteiger partial charge is 0.493 e. The summed E-state index contributed by atoms with van der Waals surface area (Å²) in [4.78, 5) is 23.7. The van der Waals surface area contributed by atoms with Crippen LogP contribution in [0.4, 0.5) is 0 Å². The molecule has 1 N–H and O–H groups in total. The molecule has 0 radical (unpaired) electrons. The maximum Gasteiger partial charge on any atom is 0.341 e. The van der Waals surface area contributed by atoms with Crippen LogP contribution in [0.25, 0.3) is 22.4 Å². The van der Waals surface area contributed by atoms with Crippen LogP contribution in [0.3, 0.4) is 0 Å². The van der Waals surface area contributed by atoms with Gasteiger partial charge in [-0.15, -0.1) is 0 Å². The predicted molar refractivity (Wildman–Crippen MR) is 111 cm³/mol. The zero-order valence-electron chi connectivity index (χ0n) is 16.9. The predicted octanol–water partition coefficient (Wildman–Crippen LogP) is 2.59. The number of hydrogen-bond donors (Lipinski definition) is 1. The molecule has 0 unspecified atom stereocenters.